The predicted octanol–water partition coefficient (Wildman–Crippen LogP) is 3.24. The number of ether oxygens (including phenoxy) is 1. The predicted molar refractivity (Wildman–Crippen MR) is 91.8 cm³/mol. The van der Waals surface area contributed by atoms with Crippen molar-refractivity contribution in [3.05, 3.63) is 46.4 Å². The van der Waals surface area contributed by atoms with Gasteiger partial charge in [0.1, 0.15) is 11.5 Å². The number of hydrogen-bond donors (Lipinski definition) is 3. The first kappa shape index (κ1) is 20.0. The first-order valence-electron chi connectivity index (χ1n) is 8.38. The van der Waals surface area contributed by atoms with E-state index in [9.17, 15) is 18.0 Å². The zero-order valence-electron chi connectivity index (χ0n) is 14.7. The topological polar surface area (TPSA) is 74.2 Å². The summed E-state index contributed by atoms with van der Waals surface area (Å²) in [5.74, 6) is -1.34. The van der Waals surface area contributed by atoms with Crippen molar-refractivity contribution in [2.45, 2.75) is 32.7 Å². The molecular weight excluding hydrogens is 347 g/mol. The fourth-order valence-electron chi connectivity index (χ4n) is 2.87. The van der Waals surface area contributed by atoms with Gasteiger partial charge in [0.2, 0.25) is 0 Å². The number of carbonyl (C=O) groups is 1. The molecule has 2 rings (SSSR count). The Kier molecular flexibility index (Phi) is 6.79. The molecule has 0 saturated heterocycles. The van der Waals surface area contributed by atoms with E-state index >= 15 is 0 Å². The molecule has 1 aromatic rings. The van der Waals surface area contributed by atoms with Gasteiger partial charge in [-0.15, -0.1) is 0 Å². The molecule has 0 aromatic heterocycles. The smallest absolute Gasteiger partial charge is 0.356 e. The Morgan fingerprint density at radius 1 is 1.38 bits per heavy atom. The molecule has 0 aliphatic carbocycles. The molecule has 1 aromatic carbocycles. The Labute approximate surface area is 150 Å². The first-order valence-corrected chi connectivity index (χ1v) is 8.38. The number of esters is 1. The fourth-order valence-corrected chi connectivity index (χ4v) is 2.87. The molecule has 142 valence electrons. The van der Waals surface area contributed by atoms with Gasteiger partial charge in [0, 0.05) is 42.4 Å². The number of alkyl halides is 2. The minimum atomic E-state index is -2.73. The molecule has 1 heterocycles. The monoisotopic (exact) mass is 369 g/mol. The van der Waals surface area contributed by atoms with Crippen LogP contribution in [0.1, 0.15) is 43.9 Å². The Morgan fingerprint density at radius 2 is 2.12 bits per heavy atom. The summed E-state index contributed by atoms with van der Waals surface area (Å²) >= 11 is 0. The van der Waals surface area contributed by atoms with E-state index in [0.717, 1.165) is 18.2 Å². The van der Waals surface area contributed by atoms with E-state index in [1.54, 1.807) is 13.8 Å². The van der Waals surface area contributed by atoms with E-state index in [2.05, 4.69) is 10.6 Å². The molecule has 1 unspecified atom stereocenters. The van der Waals surface area contributed by atoms with E-state index in [-0.39, 0.29) is 30.0 Å². The SMILES string of the molecule is CCOC(=O)C(=N)C1=C(NC(C)c2cc(F)ccc2C(F)F)CCNC1. The summed E-state index contributed by atoms with van der Waals surface area (Å²) < 4.78 is 44.9. The summed E-state index contributed by atoms with van der Waals surface area (Å²) in [5.41, 5.74) is 0.647. The summed E-state index contributed by atoms with van der Waals surface area (Å²) in [4.78, 5) is 11.8. The standard InChI is InChI=1S/C18H22F3N3O2/c1-3-26-18(25)16(22)14-9-23-7-6-15(14)24-10(2)13-8-11(19)4-5-12(13)17(20)21/h4-5,8,10,17,22-24H,3,6-7,9H2,1-2H3. The highest BCUT2D eigenvalue weighted by Crippen LogP contribution is 2.29. The number of carbonyl (C=O) groups excluding carboxylic acids is 1. The van der Waals surface area contributed by atoms with Crippen LogP contribution >= 0.6 is 0 Å². The average molecular weight is 369 g/mol. The molecule has 0 spiro atoms. The third-order valence-corrected chi connectivity index (χ3v) is 4.14. The van der Waals surface area contributed by atoms with Gasteiger partial charge in [0.05, 0.1) is 6.61 Å². The van der Waals surface area contributed by atoms with E-state index in [1.807, 2.05) is 0 Å². The van der Waals surface area contributed by atoms with E-state index in [1.165, 1.54) is 0 Å². The van der Waals surface area contributed by atoms with Crippen molar-refractivity contribution in [2.75, 3.05) is 19.7 Å². The summed E-state index contributed by atoms with van der Waals surface area (Å²) in [6, 6.07) is 2.54. The highest BCUT2D eigenvalue weighted by molar-refractivity contribution is 6.42. The third-order valence-electron chi connectivity index (χ3n) is 4.14. The van der Waals surface area contributed by atoms with Gasteiger partial charge in [-0.25, -0.2) is 18.0 Å². The number of halogens is 3. The number of nitrogens with one attached hydrogen (secondary N) is 3. The molecule has 8 heteroatoms. The molecule has 1 aliphatic heterocycles. The lowest BCUT2D eigenvalue weighted by molar-refractivity contribution is -0.135. The molecule has 0 amide bonds. The number of benzene rings is 1. The normalized spacial score (nSPS) is 15.8. The second-order valence-corrected chi connectivity index (χ2v) is 5.92. The van der Waals surface area contributed by atoms with Crippen LogP contribution in [0.3, 0.4) is 0 Å². The van der Waals surface area contributed by atoms with E-state index < -0.39 is 24.3 Å². The lowest BCUT2D eigenvalue weighted by Crippen LogP contribution is -2.36. The summed E-state index contributed by atoms with van der Waals surface area (Å²) in [6.45, 7) is 4.34. The molecule has 0 radical (unpaired) electrons. The van der Waals surface area contributed by atoms with Crippen molar-refractivity contribution in [2.24, 2.45) is 0 Å². The minimum Gasteiger partial charge on any atom is -0.461 e. The molecule has 0 saturated carbocycles. The van der Waals surface area contributed by atoms with Crippen LogP contribution in [0.15, 0.2) is 29.5 Å². The van der Waals surface area contributed by atoms with Crippen LogP contribution in [-0.2, 0) is 9.53 Å². The van der Waals surface area contributed by atoms with Crippen molar-refractivity contribution in [3.63, 3.8) is 0 Å². The van der Waals surface area contributed by atoms with Crippen LogP contribution in [0.5, 0.6) is 0 Å². The van der Waals surface area contributed by atoms with Gasteiger partial charge >= 0.3 is 5.97 Å². The quantitative estimate of drug-likeness (QED) is 0.510. The average Bonchev–Trinajstić information content (AvgIpc) is 2.61. The van der Waals surface area contributed by atoms with Gasteiger partial charge in [-0.2, -0.15) is 0 Å². The van der Waals surface area contributed by atoms with Crippen LogP contribution in [-0.4, -0.2) is 31.4 Å². The summed E-state index contributed by atoms with van der Waals surface area (Å²) in [7, 11) is 0. The van der Waals surface area contributed by atoms with Gasteiger partial charge < -0.3 is 15.4 Å². The summed E-state index contributed by atoms with van der Waals surface area (Å²) in [6.07, 6.45) is -2.24. The molecular formula is C18H22F3N3O2. The Hall–Kier alpha value is -2.35. The van der Waals surface area contributed by atoms with Crippen LogP contribution < -0.4 is 10.6 Å². The maximum atomic E-state index is 13.6. The van der Waals surface area contributed by atoms with Crippen LogP contribution in [0, 0.1) is 11.2 Å². The minimum absolute atomic E-state index is 0.146. The molecule has 0 bridgehead atoms. The second kappa shape index (κ2) is 8.84. The molecule has 3 N–H and O–H groups in total. The number of hydrogen-bond acceptors (Lipinski definition) is 5. The van der Waals surface area contributed by atoms with Crippen LogP contribution in [0.4, 0.5) is 13.2 Å². The highest BCUT2D eigenvalue weighted by atomic mass is 19.3. The lowest BCUT2D eigenvalue weighted by atomic mass is 9.98. The largest absolute Gasteiger partial charge is 0.461 e. The van der Waals surface area contributed by atoms with Gasteiger partial charge in [0.25, 0.3) is 6.43 Å². The molecule has 5 nitrogen and oxygen atoms in total. The first-order chi connectivity index (χ1) is 12.3. The Bertz CT molecular complexity index is 720. The summed E-state index contributed by atoms with van der Waals surface area (Å²) in [5, 5.41) is 14.2. The van der Waals surface area contributed by atoms with E-state index in [0.29, 0.717) is 24.2 Å². The van der Waals surface area contributed by atoms with E-state index in [4.69, 9.17) is 10.1 Å². The van der Waals surface area contributed by atoms with Crippen LogP contribution in [0.25, 0.3) is 0 Å². The van der Waals surface area contributed by atoms with Gasteiger partial charge in [-0.05, 0) is 31.5 Å². The van der Waals surface area contributed by atoms with Crippen LogP contribution in [0.2, 0.25) is 0 Å². The van der Waals surface area contributed by atoms with Gasteiger partial charge in [0.15, 0.2) is 0 Å². The zero-order valence-corrected chi connectivity index (χ0v) is 14.7. The van der Waals surface area contributed by atoms with Gasteiger partial charge in [-0.3, -0.25) is 5.41 Å². The highest BCUT2D eigenvalue weighted by Gasteiger charge is 2.25. The lowest BCUT2D eigenvalue weighted by Gasteiger charge is -2.27. The zero-order chi connectivity index (χ0) is 19.3. The fraction of sp³-hybridized carbons (Fsp3) is 0.444. The molecule has 0 fully saturated rings. The van der Waals surface area contributed by atoms with Crippen molar-refractivity contribution in [3.8, 4) is 0 Å². The number of rotatable bonds is 7. The molecule has 1 aliphatic rings. The Balaban J connectivity index is 2.30. The molecule has 26 heavy (non-hydrogen) atoms. The van der Waals surface area contributed by atoms with Crippen molar-refractivity contribution in [1.82, 2.24) is 10.6 Å². The maximum absolute atomic E-state index is 13.6. The van der Waals surface area contributed by atoms with Gasteiger partial charge in [-0.1, -0.05) is 6.07 Å². The second-order valence-electron chi connectivity index (χ2n) is 5.92. The Morgan fingerprint density at radius 3 is 2.77 bits per heavy atom. The van der Waals surface area contributed by atoms with Crippen molar-refractivity contribution < 1.29 is 22.7 Å². The van der Waals surface area contributed by atoms with Crippen molar-refractivity contribution in [1.29, 1.82) is 5.41 Å². The maximum Gasteiger partial charge on any atom is 0.356 e. The third kappa shape index (κ3) is 4.63. The van der Waals surface area contributed by atoms with Crippen molar-refractivity contribution >= 4 is 11.7 Å². The molecule has 1 atom stereocenters.